The number of carbonyl (C=O) groups is 1. The summed E-state index contributed by atoms with van der Waals surface area (Å²) in [6.45, 7) is 4.10. The van der Waals surface area contributed by atoms with Gasteiger partial charge in [-0.25, -0.2) is 9.78 Å². The Morgan fingerprint density at radius 1 is 1.18 bits per heavy atom. The summed E-state index contributed by atoms with van der Waals surface area (Å²) in [5.74, 6) is 1.02. The van der Waals surface area contributed by atoms with Crippen molar-refractivity contribution in [1.29, 1.82) is 0 Å². The van der Waals surface area contributed by atoms with Gasteiger partial charge in [0.05, 0.1) is 6.61 Å². The average Bonchev–Trinajstić information content (AvgIpc) is 3.22. The van der Waals surface area contributed by atoms with Crippen molar-refractivity contribution in [2.45, 2.75) is 13.0 Å². The molecule has 2 aromatic rings. The van der Waals surface area contributed by atoms with Crippen molar-refractivity contribution in [2.24, 2.45) is 5.92 Å². The first-order valence-corrected chi connectivity index (χ1v) is 9.63. The molecule has 7 heteroatoms. The second-order valence-electron chi connectivity index (χ2n) is 6.85. The van der Waals surface area contributed by atoms with E-state index >= 15 is 0 Å². The first kappa shape index (κ1) is 19.9. The first-order valence-electron chi connectivity index (χ1n) is 9.63. The van der Waals surface area contributed by atoms with Crippen LogP contribution >= 0.6 is 0 Å². The van der Waals surface area contributed by atoms with Crippen molar-refractivity contribution in [3.63, 3.8) is 0 Å². The fraction of sp³-hybridized carbons (Fsp3) is 0.429. The Balaban J connectivity index is 1.34. The third kappa shape index (κ3) is 6.13. The minimum atomic E-state index is -0.154. The standard InChI is InChI=1S/C21H28N4O3/c1-27-11-12-28-20-8-7-17(13-22-20)14-23-21(26)24-15-18-9-10-25(16-18)19-5-3-2-4-6-19/h2-8,13,18H,9-12,14-16H2,1H3,(H2,23,24,26). The lowest BCUT2D eigenvalue weighted by Crippen LogP contribution is -2.38. The average molecular weight is 384 g/mol. The molecule has 7 nitrogen and oxygen atoms in total. The summed E-state index contributed by atoms with van der Waals surface area (Å²) >= 11 is 0. The summed E-state index contributed by atoms with van der Waals surface area (Å²) in [6.07, 6.45) is 2.79. The Labute approximate surface area is 166 Å². The highest BCUT2D eigenvalue weighted by molar-refractivity contribution is 5.73. The zero-order valence-electron chi connectivity index (χ0n) is 16.3. The van der Waals surface area contributed by atoms with Crippen molar-refractivity contribution in [2.75, 3.05) is 44.9 Å². The van der Waals surface area contributed by atoms with E-state index in [0.717, 1.165) is 25.1 Å². The van der Waals surface area contributed by atoms with E-state index in [2.05, 4.69) is 44.8 Å². The third-order valence-electron chi connectivity index (χ3n) is 4.75. The van der Waals surface area contributed by atoms with E-state index in [0.29, 0.717) is 38.1 Å². The number of para-hydroxylation sites is 1. The van der Waals surface area contributed by atoms with E-state index in [1.165, 1.54) is 5.69 Å². The van der Waals surface area contributed by atoms with Gasteiger partial charge in [-0.05, 0) is 30.0 Å². The summed E-state index contributed by atoms with van der Waals surface area (Å²) < 4.78 is 10.4. The van der Waals surface area contributed by atoms with Crippen LogP contribution in [0.1, 0.15) is 12.0 Å². The van der Waals surface area contributed by atoms with Gasteiger partial charge >= 0.3 is 6.03 Å². The maximum Gasteiger partial charge on any atom is 0.315 e. The van der Waals surface area contributed by atoms with Gasteiger partial charge in [0.15, 0.2) is 0 Å². The molecule has 2 heterocycles. The molecule has 0 radical (unpaired) electrons. The van der Waals surface area contributed by atoms with Gasteiger partial charge in [0.2, 0.25) is 5.88 Å². The predicted molar refractivity (Wildman–Crippen MR) is 109 cm³/mol. The van der Waals surface area contributed by atoms with Crippen molar-refractivity contribution in [3.05, 3.63) is 54.2 Å². The van der Waals surface area contributed by atoms with Crippen molar-refractivity contribution in [1.82, 2.24) is 15.6 Å². The molecule has 0 bridgehead atoms. The number of nitrogens with zero attached hydrogens (tertiary/aromatic N) is 2. The van der Waals surface area contributed by atoms with Crippen molar-refractivity contribution >= 4 is 11.7 Å². The van der Waals surface area contributed by atoms with Gasteiger partial charge in [0.25, 0.3) is 0 Å². The van der Waals surface area contributed by atoms with Crippen LogP contribution in [0.4, 0.5) is 10.5 Å². The van der Waals surface area contributed by atoms with E-state index in [-0.39, 0.29) is 6.03 Å². The van der Waals surface area contributed by atoms with E-state index in [4.69, 9.17) is 9.47 Å². The maximum absolute atomic E-state index is 12.1. The minimum absolute atomic E-state index is 0.154. The number of pyridine rings is 1. The lowest BCUT2D eigenvalue weighted by Gasteiger charge is -2.18. The quantitative estimate of drug-likeness (QED) is 0.650. The Bertz CT molecular complexity index is 724. The number of anilines is 1. The fourth-order valence-electron chi connectivity index (χ4n) is 3.18. The van der Waals surface area contributed by atoms with Crippen LogP contribution in [0.25, 0.3) is 0 Å². The molecule has 0 aliphatic carbocycles. The number of hydrogen-bond acceptors (Lipinski definition) is 5. The molecule has 2 N–H and O–H groups in total. The lowest BCUT2D eigenvalue weighted by atomic mass is 10.1. The van der Waals surface area contributed by atoms with E-state index in [9.17, 15) is 4.79 Å². The number of amides is 2. The Hall–Kier alpha value is -2.80. The highest BCUT2D eigenvalue weighted by atomic mass is 16.5. The molecule has 0 spiro atoms. The monoisotopic (exact) mass is 384 g/mol. The number of carbonyl (C=O) groups excluding carboxylic acids is 1. The number of methoxy groups -OCH3 is 1. The topological polar surface area (TPSA) is 75.7 Å². The molecule has 0 saturated carbocycles. The molecule has 28 heavy (non-hydrogen) atoms. The number of rotatable bonds is 9. The fourth-order valence-corrected chi connectivity index (χ4v) is 3.18. The molecule has 1 unspecified atom stereocenters. The number of urea groups is 1. The highest BCUT2D eigenvalue weighted by Gasteiger charge is 2.22. The lowest BCUT2D eigenvalue weighted by molar-refractivity contribution is 0.143. The van der Waals surface area contributed by atoms with Gasteiger partial charge in [0.1, 0.15) is 6.61 Å². The van der Waals surface area contributed by atoms with Gasteiger partial charge in [-0.2, -0.15) is 0 Å². The number of aromatic nitrogens is 1. The van der Waals surface area contributed by atoms with Crippen molar-refractivity contribution < 1.29 is 14.3 Å². The third-order valence-corrected chi connectivity index (χ3v) is 4.75. The second-order valence-corrected chi connectivity index (χ2v) is 6.85. The molecule has 1 fully saturated rings. The summed E-state index contributed by atoms with van der Waals surface area (Å²) in [6, 6.07) is 13.9. The Kier molecular flexibility index (Phi) is 7.49. The number of nitrogens with one attached hydrogen (secondary N) is 2. The van der Waals surface area contributed by atoms with Crippen LogP contribution in [-0.4, -0.2) is 51.0 Å². The van der Waals surface area contributed by atoms with Crippen LogP contribution < -0.4 is 20.3 Å². The summed E-state index contributed by atoms with van der Waals surface area (Å²) in [5, 5.41) is 5.85. The Morgan fingerprint density at radius 2 is 2.04 bits per heavy atom. The molecule has 150 valence electrons. The molecule has 1 aliphatic heterocycles. The van der Waals surface area contributed by atoms with Crippen LogP contribution in [0.3, 0.4) is 0 Å². The van der Waals surface area contributed by atoms with E-state index in [1.807, 2.05) is 12.1 Å². The largest absolute Gasteiger partial charge is 0.475 e. The molecule has 1 saturated heterocycles. The van der Waals surface area contributed by atoms with E-state index in [1.54, 1.807) is 19.4 Å². The number of ether oxygens (including phenoxy) is 2. The molecule has 1 aromatic heterocycles. The highest BCUT2D eigenvalue weighted by Crippen LogP contribution is 2.22. The second kappa shape index (κ2) is 10.5. The van der Waals surface area contributed by atoms with Crippen LogP contribution in [-0.2, 0) is 11.3 Å². The molecule has 1 aliphatic rings. The maximum atomic E-state index is 12.1. The van der Waals surface area contributed by atoms with Crippen LogP contribution in [0.5, 0.6) is 5.88 Å². The molecular weight excluding hydrogens is 356 g/mol. The SMILES string of the molecule is COCCOc1ccc(CNC(=O)NCC2CCN(c3ccccc3)C2)cn1. The zero-order valence-corrected chi connectivity index (χ0v) is 16.3. The first-order chi connectivity index (χ1) is 13.7. The number of benzene rings is 1. The molecule has 1 atom stereocenters. The van der Waals surface area contributed by atoms with E-state index < -0.39 is 0 Å². The minimum Gasteiger partial charge on any atom is -0.475 e. The summed E-state index contributed by atoms with van der Waals surface area (Å²) in [7, 11) is 1.63. The summed E-state index contributed by atoms with van der Waals surface area (Å²) in [5.41, 5.74) is 2.17. The van der Waals surface area contributed by atoms with Gasteiger partial charge in [0, 0.05) is 51.2 Å². The Morgan fingerprint density at radius 3 is 2.79 bits per heavy atom. The molecule has 3 rings (SSSR count). The van der Waals surface area contributed by atoms with Crippen LogP contribution in [0, 0.1) is 5.92 Å². The van der Waals surface area contributed by atoms with Crippen LogP contribution in [0.2, 0.25) is 0 Å². The normalized spacial score (nSPS) is 16.0. The van der Waals surface area contributed by atoms with Crippen molar-refractivity contribution in [3.8, 4) is 5.88 Å². The van der Waals surface area contributed by atoms with Gasteiger partial charge in [-0.3, -0.25) is 0 Å². The summed E-state index contributed by atoms with van der Waals surface area (Å²) in [4.78, 5) is 18.7. The zero-order chi connectivity index (χ0) is 19.6. The van der Waals surface area contributed by atoms with Gasteiger partial charge in [-0.15, -0.1) is 0 Å². The predicted octanol–water partition coefficient (Wildman–Crippen LogP) is 2.43. The van der Waals surface area contributed by atoms with Gasteiger partial charge in [-0.1, -0.05) is 24.3 Å². The molecule has 1 aromatic carbocycles. The number of hydrogen-bond donors (Lipinski definition) is 2. The smallest absolute Gasteiger partial charge is 0.315 e. The van der Waals surface area contributed by atoms with Gasteiger partial charge < -0.3 is 25.0 Å². The molecular formula is C21H28N4O3. The molecule has 2 amide bonds. The van der Waals surface area contributed by atoms with Crippen LogP contribution in [0.15, 0.2) is 48.7 Å².